The molecule has 1 N–H and O–H groups in total. The van der Waals surface area contributed by atoms with E-state index in [1.807, 2.05) is 6.92 Å². The molecule has 152 valence electrons. The molecule has 26 heavy (non-hydrogen) atoms. The molecule has 0 aromatic heterocycles. The summed E-state index contributed by atoms with van der Waals surface area (Å²) in [5, 5.41) is 10.4. The summed E-state index contributed by atoms with van der Waals surface area (Å²) in [5.74, 6) is 0.524. The molecule has 3 atom stereocenters. The number of ketones is 1. The lowest BCUT2D eigenvalue weighted by Gasteiger charge is -2.47. The molecule has 0 saturated heterocycles. The Morgan fingerprint density at radius 2 is 1.81 bits per heavy atom. The van der Waals surface area contributed by atoms with Gasteiger partial charge in [0.15, 0.2) is 5.78 Å². The maximum absolute atomic E-state index is 13.3. The first kappa shape index (κ1) is 23.4. The minimum atomic E-state index is -0.894. The number of carbonyl (C=O) groups excluding carboxylic acids is 1. The molecule has 1 saturated carbocycles. The van der Waals surface area contributed by atoms with E-state index < -0.39 is 11.0 Å². The maximum Gasteiger partial charge on any atom is 0.164 e. The number of rotatable bonds is 8. The average molecular weight is 367 g/mol. The zero-order valence-electron chi connectivity index (χ0n) is 18.5. The molecule has 0 spiro atoms. The van der Waals surface area contributed by atoms with Gasteiger partial charge in [-0.3, -0.25) is 4.79 Å². The van der Waals surface area contributed by atoms with Crippen LogP contribution < -0.4 is 0 Å². The molecule has 0 radical (unpaired) electrons. The van der Waals surface area contributed by atoms with Crippen LogP contribution >= 0.6 is 0 Å². The smallest absolute Gasteiger partial charge is 0.164 e. The van der Waals surface area contributed by atoms with Crippen LogP contribution in [-0.2, 0) is 9.53 Å². The molecule has 1 aliphatic carbocycles. The Morgan fingerprint density at radius 1 is 1.23 bits per heavy atom. The molecule has 0 aromatic rings. The molecule has 0 amide bonds. The molecule has 0 bridgehead atoms. The van der Waals surface area contributed by atoms with E-state index in [1.54, 1.807) is 13.8 Å². The molecule has 3 nitrogen and oxygen atoms in total. The van der Waals surface area contributed by atoms with E-state index in [-0.39, 0.29) is 23.4 Å². The van der Waals surface area contributed by atoms with Crippen molar-refractivity contribution >= 4 is 5.78 Å². The van der Waals surface area contributed by atoms with Gasteiger partial charge in [-0.05, 0) is 57.3 Å². The van der Waals surface area contributed by atoms with Crippen molar-refractivity contribution in [3.63, 3.8) is 0 Å². The van der Waals surface area contributed by atoms with E-state index >= 15 is 0 Å². The van der Waals surface area contributed by atoms with Gasteiger partial charge >= 0.3 is 0 Å². The van der Waals surface area contributed by atoms with Crippen molar-refractivity contribution in [2.24, 2.45) is 16.7 Å². The van der Waals surface area contributed by atoms with Gasteiger partial charge in [-0.2, -0.15) is 0 Å². The van der Waals surface area contributed by atoms with Crippen molar-refractivity contribution in [2.45, 2.75) is 105 Å². The molecule has 0 aliphatic heterocycles. The first-order chi connectivity index (χ1) is 11.7. The fraction of sp³-hybridized carbons (Fsp3) is 0.870. The minimum absolute atomic E-state index is 0.0965. The summed E-state index contributed by atoms with van der Waals surface area (Å²) in [5.41, 5.74) is -0.705. The molecule has 0 heterocycles. The standard InChI is InChI=1S/C23H42O3/c1-10-18-14-17(3)12-13-23(18,11-2)26-15-19(24)22(9,20(4,5)6)16-21(7,8)25/h18,25H,3,10-16H2,1-2,4-9H3. The van der Waals surface area contributed by atoms with E-state index in [9.17, 15) is 9.90 Å². The lowest BCUT2D eigenvalue weighted by atomic mass is 9.61. The monoisotopic (exact) mass is 366 g/mol. The fourth-order valence-corrected chi connectivity index (χ4v) is 4.52. The van der Waals surface area contributed by atoms with Crippen molar-refractivity contribution in [2.75, 3.05) is 6.61 Å². The van der Waals surface area contributed by atoms with Gasteiger partial charge in [-0.1, -0.05) is 60.1 Å². The highest BCUT2D eigenvalue weighted by Gasteiger charge is 2.48. The summed E-state index contributed by atoms with van der Waals surface area (Å²) in [7, 11) is 0. The van der Waals surface area contributed by atoms with E-state index in [0.717, 1.165) is 32.1 Å². The molecule has 3 unspecified atom stereocenters. The van der Waals surface area contributed by atoms with Crippen LogP contribution in [0.15, 0.2) is 12.2 Å². The van der Waals surface area contributed by atoms with Crippen molar-refractivity contribution in [3.05, 3.63) is 12.2 Å². The zero-order valence-corrected chi connectivity index (χ0v) is 18.5. The molecular weight excluding hydrogens is 324 g/mol. The van der Waals surface area contributed by atoms with Crippen LogP contribution in [0.2, 0.25) is 0 Å². The highest BCUT2D eigenvalue weighted by Crippen LogP contribution is 2.47. The molecule has 1 aliphatic rings. The molecular formula is C23H42O3. The summed E-state index contributed by atoms with van der Waals surface area (Å²) in [4.78, 5) is 13.3. The van der Waals surface area contributed by atoms with E-state index in [2.05, 4.69) is 41.2 Å². The third-order valence-electron chi connectivity index (χ3n) is 6.82. The molecule has 1 fully saturated rings. The highest BCUT2D eigenvalue weighted by molar-refractivity contribution is 5.86. The third-order valence-corrected chi connectivity index (χ3v) is 6.82. The Labute approximate surface area is 161 Å². The Balaban J connectivity index is 3.00. The maximum atomic E-state index is 13.3. The van der Waals surface area contributed by atoms with E-state index in [1.165, 1.54) is 5.57 Å². The summed E-state index contributed by atoms with van der Waals surface area (Å²) in [6, 6.07) is 0. The van der Waals surface area contributed by atoms with Crippen LogP contribution in [0.3, 0.4) is 0 Å². The van der Waals surface area contributed by atoms with Gasteiger partial charge in [0.25, 0.3) is 0 Å². The largest absolute Gasteiger partial charge is 0.390 e. The number of allylic oxidation sites excluding steroid dienone is 1. The van der Waals surface area contributed by atoms with Gasteiger partial charge in [0.05, 0.1) is 11.2 Å². The molecule has 1 rings (SSSR count). The lowest BCUT2D eigenvalue weighted by Crippen LogP contribution is -2.50. The van der Waals surface area contributed by atoms with Crippen molar-refractivity contribution < 1.29 is 14.6 Å². The second-order valence-electron chi connectivity index (χ2n) is 10.3. The number of aliphatic hydroxyl groups is 1. The summed E-state index contributed by atoms with van der Waals surface area (Å²) in [6.07, 6.45) is 5.33. The molecule has 0 aromatic carbocycles. The minimum Gasteiger partial charge on any atom is -0.390 e. The van der Waals surface area contributed by atoms with E-state index in [0.29, 0.717) is 12.3 Å². The van der Waals surface area contributed by atoms with Gasteiger partial charge in [0, 0.05) is 5.41 Å². The van der Waals surface area contributed by atoms with Crippen LogP contribution in [0, 0.1) is 16.7 Å². The Hall–Kier alpha value is -0.670. The van der Waals surface area contributed by atoms with Gasteiger partial charge in [-0.15, -0.1) is 0 Å². The van der Waals surface area contributed by atoms with Crippen LogP contribution in [0.1, 0.15) is 93.9 Å². The number of carbonyl (C=O) groups is 1. The SMILES string of the molecule is C=C1CCC(CC)(OCC(=O)C(C)(CC(C)(C)O)C(C)(C)C)C(CC)C1. The van der Waals surface area contributed by atoms with Crippen LogP contribution in [0.5, 0.6) is 0 Å². The second-order valence-corrected chi connectivity index (χ2v) is 10.3. The fourth-order valence-electron chi connectivity index (χ4n) is 4.52. The lowest BCUT2D eigenvalue weighted by molar-refractivity contribution is -0.158. The van der Waals surface area contributed by atoms with E-state index in [4.69, 9.17) is 4.74 Å². The van der Waals surface area contributed by atoms with Gasteiger partial charge in [0.2, 0.25) is 0 Å². The summed E-state index contributed by atoms with van der Waals surface area (Å²) >= 11 is 0. The number of Topliss-reactive ketones (excluding diaryl/α,β-unsaturated/α-hetero) is 1. The van der Waals surface area contributed by atoms with Crippen LogP contribution in [0.4, 0.5) is 0 Å². The highest BCUT2D eigenvalue weighted by atomic mass is 16.5. The van der Waals surface area contributed by atoms with Gasteiger partial charge in [-0.25, -0.2) is 0 Å². The number of hydrogen-bond acceptors (Lipinski definition) is 3. The number of hydrogen-bond donors (Lipinski definition) is 1. The van der Waals surface area contributed by atoms with Crippen LogP contribution in [-0.4, -0.2) is 28.7 Å². The van der Waals surface area contributed by atoms with Crippen molar-refractivity contribution in [1.29, 1.82) is 0 Å². The van der Waals surface area contributed by atoms with Crippen LogP contribution in [0.25, 0.3) is 0 Å². The summed E-state index contributed by atoms with van der Waals surface area (Å²) < 4.78 is 6.42. The van der Waals surface area contributed by atoms with Gasteiger partial charge < -0.3 is 9.84 Å². The average Bonchev–Trinajstić information content (AvgIpc) is 2.50. The topological polar surface area (TPSA) is 46.5 Å². The molecule has 3 heteroatoms. The van der Waals surface area contributed by atoms with Gasteiger partial charge in [0.1, 0.15) is 6.61 Å². The van der Waals surface area contributed by atoms with Crippen molar-refractivity contribution in [3.8, 4) is 0 Å². The Kier molecular flexibility index (Phi) is 7.32. The Morgan fingerprint density at radius 3 is 2.23 bits per heavy atom. The Bertz CT molecular complexity index is 509. The normalized spacial score (nSPS) is 27.3. The zero-order chi connectivity index (χ0) is 20.4. The summed E-state index contributed by atoms with van der Waals surface area (Å²) in [6.45, 7) is 20.4. The quantitative estimate of drug-likeness (QED) is 0.560. The third kappa shape index (κ3) is 5.19. The van der Waals surface area contributed by atoms with Crippen molar-refractivity contribution in [1.82, 2.24) is 0 Å². The second kappa shape index (κ2) is 8.14. The first-order valence-electron chi connectivity index (χ1n) is 10.3. The first-order valence-corrected chi connectivity index (χ1v) is 10.3. The number of ether oxygens (including phenoxy) is 1. The predicted octanol–water partition coefficient (Wildman–Crippen LogP) is 5.70. The predicted molar refractivity (Wildman–Crippen MR) is 109 cm³/mol.